The third-order valence-electron chi connectivity index (χ3n) is 6.53. The van der Waals surface area contributed by atoms with Gasteiger partial charge in [-0.3, -0.25) is 14.6 Å². The van der Waals surface area contributed by atoms with Gasteiger partial charge in [0, 0.05) is 38.3 Å². The Hall–Kier alpha value is -3.10. The molecule has 0 aliphatic carbocycles. The lowest BCUT2D eigenvalue weighted by molar-refractivity contribution is 0.0321. The summed E-state index contributed by atoms with van der Waals surface area (Å²) in [4.78, 5) is 31.6. The monoisotopic (exact) mass is 451 g/mol. The number of morpholine rings is 1. The van der Waals surface area contributed by atoms with Crippen molar-refractivity contribution in [3.63, 3.8) is 0 Å². The Morgan fingerprint density at radius 2 is 1.73 bits per heavy atom. The van der Waals surface area contributed by atoms with E-state index in [0.29, 0.717) is 44.0 Å². The van der Waals surface area contributed by atoms with Crippen LogP contribution in [0.15, 0.2) is 54.6 Å². The summed E-state index contributed by atoms with van der Waals surface area (Å²) in [5, 5.41) is 0. The van der Waals surface area contributed by atoms with Gasteiger partial charge in [0.1, 0.15) is 12.4 Å². The summed E-state index contributed by atoms with van der Waals surface area (Å²) in [6.07, 6.45) is 0.260. The molecule has 2 aromatic carbocycles. The summed E-state index contributed by atoms with van der Waals surface area (Å²) in [6.45, 7) is 5.96. The van der Waals surface area contributed by atoms with Gasteiger partial charge in [-0.2, -0.15) is 0 Å². The predicted octanol–water partition coefficient (Wildman–Crippen LogP) is 2.64. The van der Waals surface area contributed by atoms with Crippen LogP contribution in [0, 0.1) is 0 Å². The van der Waals surface area contributed by atoms with E-state index >= 15 is 0 Å². The summed E-state index contributed by atoms with van der Waals surface area (Å²) in [6, 6.07) is 16.9. The van der Waals surface area contributed by atoms with Gasteiger partial charge in [-0.1, -0.05) is 30.3 Å². The van der Waals surface area contributed by atoms with Crippen LogP contribution in [0.5, 0.6) is 5.75 Å². The fourth-order valence-corrected chi connectivity index (χ4v) is 4.71. The highest BCUT2D eigenvalue weighted by Crippen LogP contribution is 2.36. The van der Waals surface area contributed by atoms with E-state index in [1.165, 1.54) is 0 Å². The van der Waals surface area contributed by atoms with Crippen LogP contribution in [0.2, 0.25) is 0 Å². The standard InChI is InChI=1S/C25H29N3O5/c29-23(21-8-4-5-9-22(21)32-17-14-26-12-15-31-16-13-26)27-11-10-25(18-27)19-28(24(30)33-25)20-6-2-1-3-7-20/h1-9H,10-19H2/t25-/m1/s1. The molecule has 2 amide bonds. The number of likely N-dealkylation sites (tertiary alicyclic amines) is 1. The van der Waals surface area contributed by atoms with E-state index < -0.39 is 5.60 Å². The van der Waals surface area contributed by atoms with Crippen LogP contribution in [0.25, 0.3) is 0 Å². The van der Waals surface area contributed by atoms with Crippen molar-refractivity contribution in [2.45, 2.75) is 12.0 Å². The Kier molecular flexibility index (Phi) is 6.20. The first-order valence-electron chi connectivity index (χ1n) is 11.5. The van der Waals surface area contributed by atoms with Gasteiger partial charge in [-0.25, -0.2) is 4.79 Å². The van der Waals surface area contributed by atoms with Crippen LogP contribution in [0.1, 0.15) is 16.8 Å². The Labute approximate surface area is 193 Å². The van der Waals surface area contributed by atoms with Gasteiger partial charge in [0.05, 0.1) is 31.9 Å². The molecule has 3 fully saturated rings. The third-order valence-corrected chi connectivity index (χ3v) is 6.53. The Morgan fingerprint density at radius 1 is 0.970 bits per heavy atom. The zero-order valence-corrected chi connectivity index (χ0v) is 18.7. The molecule has 0 N–H and O–H groups in total. The van der Waals surface area contributed by atoms with Crippen molar-refractivity contribution in [3.8, 4) is 5.75 Å². The van der Waals surface area contributed by atoms with Crippen LogP contribution in [0.4, 0.5) is 10.5 Å². The summed E-state index contributed by atoms with van der Waals surface area (Å²) < 4.78 is 17.2. The second-order valence-corrected chi connectivity index (χ2v) is 8.75. The molecule has 1 atom stereocenters. The number of hydrogen-bond acceptors (Lipinski definition) is 6. The van der Waals surface area contributed by atoms with E-state index in [0.717, 1.165) is 38.5 Å². The quantitative estimate of drug-likeness (QED) is 0.673. The molecule has 3 aliphatic rings. The lowest BCUT2D eigenvalue weighted by atomic mass is 10.0. The van der Waals surface area contributed by atoms with Crippen LogP contribution >= 0.6 is 0 Å². The molecule has 3 heterocycles. The normalized spacial score (nSPS) is 23.2. The SMILES string of the molecule is O=C(c1ccccc1OCCN1CCOCC1)N1CC[C@@]2(C1)CN(c1ccccc1)C(=O)O2. The Balaban J connectivity index is 1.22. The number of carbonyl (C=O) groups excluding carboxylic acids is 2. The maximum atomic E-state index is 13.4. The average Bonchev–Trinajstić information content (AvgIpc) is 3.42. The van der Waals surface area contributed by atoms with Gasteiger partial charge in [-0.15, -0.1) is 0 Å². The molecule has 0 saturated carbocycles. The molecule has 1 spiro atoms. The van der Waals surface area contributed by atoms with Gasteiger partial charge in [0.25, 0.3) is 5.91 Å². The largest absolute Gasteiger partial charge is 0.491 e. The van der Waals surface area contributed by atoms with E-state index in [9.17, 15) is 9.59 Å². The molecule has 0 radical (unpaired) electrons. The number of carbonyl (C=O) groups is 2. The first-order valence-corrected chi connectivity index (χ1v) is 11.5. The zero-order chi connectivity index (χ0) is 22.7. The minimum absolute atomic E-state index is 0.0944. The van der Waals surface area contributed by atoms with E-state index in [1.807, 2.05) is 48.5 Å². The molecular formula is C25H29N3O5. The van der Waals surface area contributed by atoms with Crippen LogP contribution in [-0.4, -0.2) is 86.5 Å². The van der Waals surface area contributed by atoms with Crippen LogP contribution in [-0.2, 0) is 9.47 Å². The first-order chi connectivity index (χ1) is 16.1. The van der Waals surface area contributed by atoms with Crippen molar-refractivity contribution in [3.05, 3.63) is 60.2 Å². The maximum absolute atomic E-state index is 13.4. The van der Waals surface area contributed by atoms with Crippen LogP contribution < -0.4 is 9.64 Å². The summed E-state index contributed by atoms with van der Waals surface area (Å²) in [5.41, 5.74) is 0.679. The zero-order valence-electron chi connectivity index (χ0n) is 18.7. The van der Waals surface area contributed by atoms with Crippen molar-refractivity contribution in [2.75, 3.05) is 64.0 Å². The molecule has 8 heteroatoms. The molecule has 33 heavy (non-hydrogen) atoms. The van der Waals surface area contributed by atoms with E-state index in [4.69, 9.17) is 14.2 Å². The van der Waals surface area contributed by atoms with Gasteiger partial charge < -0.3 is 19.1 Å². The molecule has 0 aromatic heterocycles. The maximum Gasteiger partial charge on any atom is 0.415 e. The highest BCUT2D eigenvalue weighted by atomic mass is 16.6. The topological polar surface area (TPSA) is 71.5 Å². The second kappa shape index (κ2) is 9.41. The van der Waals surface area contributed by atoms with Crippen molar-refractivity contribution < 1.29 is 23.8 Å². The summed E-state index contributed by atoms with van der Waals surface area (Å²) in [7, 11) is 0. The minimum atomic E-state index is -0.672. The average molecular weight is 452 g/mol. The third kappa shape index (κ3) is 4.67. The molecule has 3 saturated heterocycles. The van der Waals surface area contributed by atoms with E-state index in [-0.39, 0.29) is 12.0 Å². The van der Waals surface area contributed by atoms with Gasteiger partial charge in [-0.05, 0) is 24.3 Å². The van der Waals surface area contributed by atoms with Crippen molar-refractivity contribution in [1.82, 2.24) is 9.80 Å². The molecular weight excluding hydrogens is 422 g/mol. The number of amides is 2. The molecule has 0 unspecified atom stereocenters. The molecule has 3 aliphatic heterocycles. The lowest BCUT2D eigenvalue weighted by Gasteiger charge is -2.26. The van der Waals surface area contributed by atoms with Crippen molar-refractivity contribution in [1.29, 1.82) is 0 Å². The van der Waals surface area contributed by atoms with Gasteiger partial charge in [0.15, 0.2) is 5.60 Å². The first kappa shape index (κ1) is 21.7. The predicted molar refractivity (Wildman–Crippen MR) is 123 cm³/mol. The molecule has 8 nitrogen and oxygen atoms in total. The van der Waals surface area contributed by atoms with Crippen LogP contribution in [0.3, 0.4) is 0 Å². The molecule has 5 rings (SSSR count). The van der Waals surface area contributed by atoms with Crippen molar-refractivity contribution >= 4 is 17.7 Å². The second-order valence-electron chi connectivity index (χ2n) is 8.75. The summed E-state index contributed by atoms with van der Waals surface area (Å²) >= 11 is 0. The highest BCUT2D eigenvalue weighted by molar-refractivity contribution is 5.97. The number of anilines is 1. The van der Waals surface area contributed by atoms with Gasteiger partial charge in [0.2, 0.25) is 0 Å². The number of benzene rings is 2. The highest BCUT2D eigenvalue weighted by Gasteiger charge is 2.51. The smallest absolute Gasteiger partial charge is 0.415 e. The Morgan fingerprint density at radius 3 is 2.55 bits per heavy atom. The van der Waals surface area contributed by atoms with E-state index in [1.54, 1.807) is 15.9 Å². The minimum Gasteiger partial charge on any atom is -0.491 e. The summed E-state index contributed by atoms with van der Waals surface area (Å²) in [5.74, 6) is 0.495. The number of ether oxygens (including phenoxy) is 3. The van der Waals surface area contributed by atoms with Crippen molar-refractivity contribution in [2.24, 2.45) is 0 Å². The number of para-hydroxylation sites is 2. The van der Waals surface area contributed by atoms with E-state index in [2.05, 4.69) is 4.90 Å². The number of nitrogens with zero attached hydrogens (tertiary/aromatic N) is 3. The number of rotatable bonds is 6. The van der Waals surface area contributed by atoms with Gasteiger partial charge >= 0.3 is 6.09 Å². The molecule has 0 bridgehead atoms. The Bertz CT molecular complexity index is 995. The fraction of sp³-hybridized carbons (Fsp3) is 0.440. The lowest BCUT2D eigenvalue weighted by Crippen LogP contribution is -2.40. The molecule has 2 aromatic rings. The fourth-order valence-electron chi connectivity index (χ4n) is 4.71. The number of hydrogen-bond donors (Lipinski definition) is 0. The molecule has 174 valence electrons.